The van der Waals surface area contributed by atoms with Crippen LogP contribution >= 0.6 is 0 Å². The molecule has 0 spiro atoms. The van der Waals surface area contributed by atoms with Crippen LogP contribution in [0.5, 0.6) is 0 Å². The molecule has 6 heteroatoms. The fraction of sp³-hybridized carbons (Fsp3) is 0.211. The van der Waals surface area contributed by atoms with E-state index in [9.17, 15) is 13.2 Å². The standard InChI is InChI=1S/C19H20N2O3S/c1-3-12-20-19(22)15-8-10-17(11-9-15)25(23,24)21-14(2)13-16-6-4-5-7-18(16)21/h3-11,14H,1,12-13H2,2H3,(H,20,22). The molecule has 1 N–H and O–H groups in total. The van der Waals surface area contributed by atoms with Gasteiger partial charge in [-0.2, -0.15) is 0 Å². The predicted octanol–water partition coefficient (Wildman–Crippen LogP) is 2.74. The zero-order valence-corrected chi connectivity index (χ0v) is 14.8. The highest BCUT2D eigenvalue weighted by atomic mass is 32.2. The van der Waals surface area contributed by atoms with E-state index in [4.69, 9.17) is 0 Å². The van der Waals surface area contributed by atoms with Crippen molar-refractivity contribution in [2.24, 2.45) is 0 Å². The molecule has 1 aliphatic heterocycles. The molecule has 0 aliphatic carbocycles. The Morgan fingerprint density at radius 1 is 1.24 bits per heavy atom. The number of fused-ring (bicyclic) bond motifs is 1. The third kappa shape index (κ3) is 3.17. The Morgan fingerprint density at radius 2 is 1.92 bits per heavy atom. The van der Waals surface area contributed by atoms with E-state index in [0.29, 0.717) is 18.5 Å². The largest absolute Gasteiger partial charge is 0.349 e. The van der Waals surface area contributed by atoms with Gasteiger partial charge in [0, 0.05) is 18.2 Å². The van der Waals surface area contributed by atoms with Gasteiger partial charge in [-0.1, -0.05) is 24.3 Å². The summed E-state index contributed by atoms with van der Waals surface area (Å²) >= 11 is 0. The first-order valence-corrected chi connectivity index (χ1v) is 9.50. The van der Waals surface area contributed by atoms with Crippen molar-refractivity contribution in [2.75, 3.05) is 10.8 Å². The van der Waals surface area contributed by atoms with E-state index in [0.717, 1.165) is 11.3 Å². The maximum Gasteiger partial charge on any atom is 0.264 e. The second-order valence-corrected chi connectivity index (χ2v) is 7.82. The highest BCUT2D eigenvalue weighted by Crippen LogP contribution is 2.36. The quantitative estimate of drug-likeness (QED) is 0.838. The lowest BCUT2D eigenvalue weighted by Gasteiger charge is -2.24. The van der Waals surface area contributed by atoms with Crippen molar-refractivity contribution in [1.29, 1.82) is 0 Å². The van der Waals surface area contributed by atoms with E-state index in [-0.39, 0.29) is 16.8 Å². The van der Waals surface area contributed by atoms with Crippen molar-refractivity contribution in [2.45, 2.75) is 24.3 Å². The monoisotopic (exact) mass is 356 g/mol. The summed E-state index contributed by atoms with van der Waals surface area (Å²) < 4.78 is 27.6. The average Bonchev–Trinajstić information content (AvgIpc) is 2.96. The highest BCUT2D eigenvalue weighted by molar-refractivity contribution is 7.92. The van der Waals surface area contributed by atoms with Crippen LogP contribution in [-0.2, 0) is 16.4 Å². The normalized spacial score (nSPS) is 16.4. The van der Waals surface area contributed by atoms with Gasteiger partial charge in [0.05, 0.1) is 10.6 Å². The summed E-state index contributed by atoms with van der Waals surface area (Å²) in [4.78, 5) is 12.1. The van der Waals surface area contributed by atoms with E-state index in [1.165, 1.54) is 28.6 Å². The van der Waals surface area contributed by atoms with E-state index in [1.54, 1.807) is 6.08 Å². The topological polar surface area (TPSA) is 66.5 Å². The van der Waals surface area contributed by atoms with Crippen molar-refractivity contribution < 1.29 is 13.2 Å². The van der Waals surface area contributed by atoms with Gasteiger partial charge < -0.3 is 5.32 Å². The predicted molar refractivity (Wildman–Crippen MR) is 98.2 cm³/mol. The first-order chi connectivity index (χ1) is 11.9. The molecule has 0 saturated carbocycles. The van der Waals surface area contributed by atoms with Crippen LogP contribution in [-0.4, -0.2) is 26.9 Å². The Kier molecular flexibility index (Phi) is 4.63. The third-order valence-electron chi connectivity index (χ3n) is 4.22. The van der Waals surface area contributed by atoms with Crippen LogP contribution in [0.15, 0.2) is 66.1 Å². The first kappa shape index (κ1) is 17.2. The van der Waals surface area contributed by atoms with Crippen LogP contribution in [0, 0.1) is 0 Å². The Balaban J connectivity index is 1.91. The van der Waals surface area contributed by atoms with Crippen LogP contribution in [0.1, 0.15) is 22.8 Å². The molecule has 1 atom stereocenters. The SMILES string of the molecule is C=CCNC(=O)c1ccc(S(=O)(=O)N2c3ccccc3CC2C)cc1. The third-order valence-corrected chi connectivity index (χ3v) is 6.17. The van der Waals surface area contributed by atoms with Gasteiger partial charge in [0.15, 0.2) is 0 Å². The van der Waals surface area contributed by atoms with Gasteiger partial charge in [0.1, 0.15) is 0 Å². The zero-order valence-electron chi connectivity index (χ0n) is 14.0. The fourth-order valence-corrected chi connectivity index (χ4v) is 4.75. The molecule has 0 aromatic heterocycles. The number of amides is 1. The number of nitrogens with zero attached hydrogens (tertiary/aromatic N) is 1. The second kappa shape index (κ2) is 6.72. The van der Waals surface area contributed by atoms with Crippen molar-refractivity contribution in [3.05, 3.63) is 72.3 Å². The highest BCUT2D eigenvalue weighted by Gasteiger charge is 2.35. The van der Waals surface area contributed by atoms with Crippen LogP contribution in [0.25, 0.3) is 0 Å². The maximum atomic E-state index is 13.1. The van der Waals surface area contributed by atoms with Crippen LogP contribution in [0.2, 0.25) is 0 Å². The molecule has 25 heavy (non-hydrogen) atoms. The Bertz CT molecular complexity index is 905. The van der Waals surface area contributed by atoms with E-state index < -0.39 is 10.0 Å². The smallest absolute Gasteiger partial charge is 0.264 e. The van der Waals surface area contributed by atoms with E-state index in [2.05, 4.69) is 11.9 Å². The summed E-state index contributed by atoms with van der Waals surface area (Å²) in [6.45, 7) is 5.80. The van der Waals surface area contributed by atoms with Crippen molar-refractivity contribution >= 4 is 21.6 Å². The van der Waals surface area contributed by atoms with Gasteiger partial charge in [0.25, 0.3) is 15.9 Å². The molecule has 130 valence electrons. The lowest BCUT2D eigenvalue weighted by Crippen LogP contribution is -2.35. The molecule has 1 aliphatic rings. The number of rotatable bonds is 5. The Morgan fingerprint density at radius 3 is 2.60 bits per heavy atom. The number of nitrogens with one attached hydrogen (secondary N) is 1. The summed E-state index contributed by atoms with van der Waals surface area (Å²) in [5.74, 6) is -0.260. The van der Waals surface area contributed by atoms with Gasteiger partial charge in [-0.05, 0) is 49.2 Å². The number of anilines is 1. The number of hydrogen-bond acceptors (Lipinski definition) is 3. The van der Waals surface area contributed by atoms with E-state index >= 15 is 0 Å². The molecule has 3 rings (SSSR count). The molecule has 5 nitrogen and oxygen atoms in total. The minimum Gasteiger partial charge on any atom is -0.349 e. The number of sulfonamides is 1. The first-order valence-electron chi connectivity index (χ1n) is 8.06. The second-order valence-electron chi connectivity index (χ2n) is 6.01. The van der Waals surface area contributed by atoms with Crippen LogP contribution in [0.4, 0.5) is 5.69 Å². The van der Waals surface area contributed by atoms with Crippen LogP contribution < -0.4 is 9.62 Å². The summed E-state index contributed by atoms with van der Waals surface area (Å²) in [7, 11) is -3.68. The molecule has 2 aromatic rings. The lowest BCUT2D eigenvalue weighted by molar-refractivity contribution is 0.0958. The van der Waals surface area contributed by atoms with Crippen molar-refractivity contribution in [3.8, 4) is 0 Å². The minimum absolute atomic E-state index is 0.141. The Labute approximate surface area is 148 Å². The molecule has 0 fully saturated rings. The molecule has 1 heterocycles. The van der Waals surface area contributed by atoms with Gasteiger partial charge >= 0.3 is 0 Å². The summed E-state index contributed by atoms with van der Waals surface area (Å²) in [5, 5.41) is 2.67. The molecule has 1 unspecified atom stereocenters. The molecular weight excluding hydrogens is 336 g/mol. The van der Waals surface area contributed by atoms with E-state index in [1.807, 2.05) is 31.2 Å². The minimum atomic E-state index is -3.68. The molecule has 2 aromatic carbocycles. The summed E-state index contributed by atoms with van der Waals surface area (Å²) in [6, 6.07) is 13.4. The Hall–Kier alpha value is -2.60. The van der Waals surface area contributed by atoms with Crippen LogP contribution in [0.3, 0.4) is 0 Å². The number of benzene rings is 2. The van der Waals surface area contributed by atoms with Crippen molar-refractivity contribution in [1.82, 2.24) is 5.32 Å². The summed E-state index contributed by atoms with van der Waals surface area (Å²) in [6.07, 6.45) is 2.28. The molecule has 0 radical (unpaired) electrons. The fourth-order valence-electron chi connectivity index (χ4n) is 3.06. The van der Waals surface area contributed by atoms with Gasteiger partial charge in [-0.15, -0.1) is 6.58 Å². The number of para-hydroxylation sites is 1. The van der Waals surface area contributed by atoms with Gasteiger partial charge in [0.2, 0.25) is 0 Å². The average molecular weight is 356 g/mol. The maximum absolute atomic E-state index is 13.1. The van der Waals surface area contributed by atoms with Crippen molar-refractivity contribution in [3.63, 3.8) is 0 Å². The molecular formula is C19H20N2O3S. The van der Waals surface area contributed by atoms with Gasteiger partial charge in [-0.25, -0.2) is 8.42 Å². The lowest BCUT2D eigenvalue weighted by atomic mass is 10.1. The number of hydrogen-bond donors (Lipinski definition) is 1. The zero-order chi connectivity index (χ0) is 18.0. The molecule has 0 saturated heterocycles. The summed E-state index contributed by atoms with van der Waals surface area (Å²) in [5.41, 5.74) is 2.16. The molecule has 1 amide bonds. The number of carbonyl (C=O) groups is 1. The molecule has 0 bridgehead atoms. The number of carbonyl (C=O) groups excluding carboxylic acids is 1. The van der Waals surface area contributed by atoms with Gasteiger partial charge in [-0.3, -0.25) is 9.10 Å².